The van der Waals surface area contributed by atoms with Crippen LogP contribution in [0.3, 0.4) is 0 Å². The van der Waals surface area contributed by atoms with E-state index in [0.717, 1.165) is 18.3 Å². The Bertz CT molecular complexity index is 104. The van der Waals surface area contributed by atoms with Crippen LogP contribution < -0.4 is 0 Å². The van der Waals surface area contributed by atoms with Crippen LogP contribution in [0.25, 0.3) is 0 Å². The van der Waals surface area contributed by atoms with Gasteiger partial charge in [0.25, 0.3) is 0 Å². The van der Waals surface area contributed by atoms with Crippen LogP contribution in [0.2, 0.25) is 0 Å². The molecule has 0 aliphatic heterocycles. The van der Waals surface area contributed by atoms with Crippen molar-refractivity contribution in [1.82, 2.24) is 0 Å². The van der Waals surface area contributed by atoms with Crippen molar-refractivity contribution in [1.29, 1.82) is 0 Å². The van der Waals surface area contributed by atoms with E-state index in [9.17, 15) is 5.11 Å². The molecule has 2 aliphatic rings. The summed E-state index contributed by atoms with van der Waals surface area (Å²) in [5.41, 5.74) is 0. The molecule has 60 valence electrons. The first kappa shape index (κ1) is 8.83. The van der Waals surface area contributed by atoms with Gasteiger partial charge in [0.15, 0.2) is 0 Å². The summed E-state index contributed by atoms with van der Waals surface area (Å²) in [5, 5.41) is 9.22. The predicted octanol–water partition coefficient (Wildman–Crippen LogP) is 1.87. The minimum atomic E-state index is 0.0775. The van der Waals surface area contributed by atoms with Crippen molar-refractivity contribution in [3.05, 3.63) is 0 Å². The lowest BCUT2D eigenvalue weighted by atomic mass is 9.76. The predicted molar refractivity (Wildman–Crippen MR) is 50.2 cm³/mol. The molecule has 10 heavy (non-hydrogen) atoms. The minimum Gasteiger partial charge on any atom is -0.393 e. The largest absolute Gasteiger partial charge is 0.393 e. The van der Waals surface area contributed by atoms with Gasteiger partial charge in [0.05, 0.1) is 6.10 Å². The van der Waals surface area contributed by atoms with Crippen LogP contribution >= 0.6 is 20.7 Å². The number of rotatable bonds is 0. The molecule has 0 aromatic carbocycles. The Morgan fingerprint density at radius 3 is 1.90 bits per heavy atom. The number of hydrogen-bond acceptors (Lipinski definition) is 2. The first-order valence-electron chi connectivity index (χ1n) is 3.82. The van der Waals surface area contributed by atoms with Gasteiger partial charge in [0, 0.05) is 0 Å². The number of fused-ring (bicyclic) bond motifs is 1. The average molecular weight is 178 g/mol. The zero-order valence-corrected chi connectivity index (χ0v) is 8.08. The van der Waals surface area contributed by atoms with Gasteiger partial charge in [0.1, 0.15) is 0 Å². The first-order chi connectivity index (χ1) is 4.88. The van der Waals surface area contributed by atoms with E-state index < -0.39 is 0 Å². The van der Waals surface area contributed by atoms with E-state index in [-0.39, 0.29) is 6.10 Å². The number of aliphatic hydroxyl groups is 1. The Morgan fingerprint density at radius 1 is 1.10 bits per heavy atom. The molecule has 0 aromatic rings. The second-order valence-corrected chi connectivity index (χ2v) is 3.15. The summed E-state index contributed by atoms with van der Waals surface area (Å²) in [6.07, 6.45) is 5.14. The maximum absolute atomic E-state index is 9.22. The van der Waals surface area contributed by atoms with Gasteiger partial charge in [-0.25, -0.2) is 0 Å². The van der Waals surface area contributed by atoms with Crippen molar-refractivity contribution in [2.24, 2.45) is 11.8 Å². The second-order valence-electron chi connectivity index (χ2n) is 3.15. The Labute approximate surface area is 70.0 Å². The van der Waals surface area contributed by atoms with Gasteiger partial charge in [0.2, 0.25) is 0 Å². The van der Waals surface area contributed by atoms with Gasteiger partial charge in [-0.3, -0.25) is 0 Å². The van der Waals surface area contributed by atoms with Crippen LogP contribution in [0.4, 0.5) is 0 Å². The van der Waals surface area contributed by atoms with E-state index in [2.05, 4.69) is 20.7 Å². The normalized spacial score (nSPS) is 42.9. The molecule has 1 nitrogen and oxygen atoms in total. The lowest BCUT2D eigenvalue weighted by Crippen LogP contribution is -2.27. The minimum absolute atomic E-state index is 0.0775. The quantitative estimate of drug-likeness (QED) is 0.428. The molecule has 3 heteroatoms. The van der Waals surface area contributed by atoms with E-state index in [4.69, 9.17) is 0 Å². The van der Waals surface area contributed by atoms with Crippen molar-refractivity contribution in [2.75, 3.05) is 0 Å². The Morgan fingerprint density at radius 2 is 1.70 bits per heavy atom. The molecule has 0 heterocycles. The molecule has 2 saturated carbocycles. The van der Waals surface area contributed by atoms with Crippen molar-refractivity contribution in [2.45, 2.75) is 31.8 Å². The summed E-state index contributed by atoms with van der Waals surface area (Å²) in [5.74, 6) is 1.64. The van der Waals surface area contributed by atoms with E-state index in [1.807, 2.05) is 0 Å². The third kappa shape index (κ3) is 1.49. The molecular weight excluding hydrogens is 163 g/mol. The molecule has 4 atom stereocenters. The van der Waals surface area contributed by atoms with E-state index in [1.165, 1.54) is 19.3 Å². The van der Waals surface area contributed by atoms with Gasteiger partial charge in [-0.2, -0.15) is 12.2 Å². The van der Waals surface area contributed by atoms with Crippen molar-refractivity contribution in [3.8, 4) is 0 Å². The highest BCUT2D eigenvalue weighted by Crippen LogP contribution is 2.46. The highest BCUT2D eigenvalue weighted by Gasteiger charge is 2.40. The summed E-state index contributed by atoms with van der Waals surface area (Å²) in [6, 6.07) is 0. The molecule has 0 bridgehead atoms. The summed E-state index contributed by atoms with van der Waals surface area (Å²) >= 11 is 3.44. The molecule has 0 saturated heterocycles. The number of thiol groups is 1. The fourth-order valence-corrected chi connectivity index (χ4v) is 2.06. The van der Waals surface area contributed by atoms with Crippen molar-refractivity contribution < 1.29 is 5.11 Å². The standard InChI is InChI=1S/C7H12O.H3PS/c8-7-4-2-5-1-3-6(5)7;1-2/h5-8H,1-4H2;2H,1H2. The lowest BCUT2D eigenvalue weighted by molar-refractivity contribution is 0.0673. The molecule has 1 N–H and O–H groups in total. The van der Waals surface area contributed by atoms with E-state index in [0.29, 0.717) is 0 Å². The SMILES string of the molecule is OC1CCC2CCC12.PS. The maximum atomic E-state index is 9.22. The van der Waals surface area contributed by atoms with Gasteiger partial charge >= 0.3 is 0 Å². The molecule has 0 spiro atoms. The molecule has 4 unspecified atom stereocenters. The molecule has 0 amide bonds. The van der Waals surface area contributed by atoms with Crippen LogP contribution in [0.5, 0.6) is 0 Å². The lowest BCUT2D eigenvalue weighted by Gasteiger charge is -2.31. The molecular formula is C7H15OPS. The van der Waals surface area contributed by atoms with Gasteiger partial charge in [-0.1, -0.05) is 8.44 Å². The maximum Gasteiger partial charge on any atom is 0.0571 e. The van der Waals surface area contributed by atoms with Crippen LogP contribution in [-0.2, 0) is 0 Å². The Kier molecular flexibility index (Phi) is 3.48. The zero-order chi connectivity index (χ0) is 7.56. The summed E-state index contributed by atoms with van der Waals surface area (Å²) < 4.78 is 0. The Hall–Kier alpha value is 0.740. The number of hydrogen-bond donors (Lipinski definition) is 2. The monoisotopic (exact) mass is 178 g/mol. The fourth-order valence-electron chi connectivity index (χ4n) is 2.06. The van der Waals surface area contributed by atoms with Gasteiger partial charge < -0.3 is 5.11 Å². The van der Waals surface area contributed by atoms with Crippen LogP contribution in [0.15, 0.2) is 0 Å². The Balaban J connectivity index is 0.000000231. The summed E-state index contributed by atoms with van der Waals surface area (Å²) in [7, 11) is 2.11. The summed E-state index contributed by atoms with van der Waals surface area (Å²) in [6.45, 7) is 0. The smallest absolute Gasteiger partial charge is 0.0571 e. The molecule has 2 fully saturated rings. The van der Waals surface area contributed by atoms with Crippen molar-refractivity contribution in [3.63, 3.8) is 0 Å². The van der Waals surface area contributed by atoms with Crippen LogP contribution in [-0.4, -0.2) is 11.2 Å². The summed E-state index contributed by atoms with van der Waals surface area (Å²) in [4.78, 5) is 0. The van der Waals surface area contributed by atoms with Crippen LogP contribution in [0, 0.1) is 11.8 Å². The highest BCUT2D eigenvalue weighted by atomic mass is 32.7. The highest BCUT2D eigenvalue weighted by molar-refractivity contribution is 8.31. The van der Waals surface area contributed by atoms with Crippen molar-refractivity contribution >= 4 is 20.7 Å². The molecule has 2 rings (SSSR count). The molecule has 0 aromatic heterocycles. The van der Waals surface area contributed by atoms with E-state index in [1.54, 1.807) is 0 Å². The van der Waals surface area contributed by atoms with Crippen LogP contribution in [0.1, 0.15) is 25.7 Å². The third-order valence-electron chi connectivity index (χ3n) is 2.80. The van der Waals surface area contributed by atoms with Gasteiger partial charge in [-0.05, 0) is 37.5 Å². The fraction of sp³-hybridized carbons (Fsp3) is 1.00. The topological polar surface area (TPSA) is 20.2 Å². The third-order valence-corrected chi connectivity index (χ3v) is 2.80. The van der Waals surface area contributed by atoms with E-state index >= 15 is 0 Å². The molecule has 0 radical (unpaired) electrons. The molecule has 2 aliphatic carbocycles. The average Bonchev–Trinajstić information content (AvgIpc) is 2.11. The zero-order valence-electron chi connectivity index (χ0n) is 6.03. The first-order valence-corrected chi connectivity index (χ1v) is 5.88. The second kappa shape index (κ2) is 3.94. The van der Waals surface area contributed by atoms with Gasteiger partial charge in [-0.15, -0.1) is 0 Å². The number of aliphatic hydroxyl groups excluding tert-OH is 1.